The number of carbonyl (C=O) groups is 2. The quantitative estimate of drug-likeness (QED) is 0.910. The summed E-state index contributed by atoms with van der Waals surface area (Å²) in [6.45, 7) is 0. The minimum atomic E-state index is -0.643. The summed E-state index contributed by atoms with van der Waals surface area (Å²) in [7, 11) is 1.71. The van der Waals surface area contributed by atoms with Gasteiger partial charge < -0.3 is 10.2 Å². The largest absolute Gasteiger partial charge is 0.336 e. The number of nitrogens with zero attached hydrogens (tertiary/aromatic N) is 1. The SMILES string of the molecule is CN1C(=O)[C@@H](NC(=O)c2ccccc2)c2cc(Br)ccc21. The van der Waals surface area contributed by atoms with E-state index >= 15 is 0 Å². The summed E-state index contributed by atoms with van der Waals surface area (Å²) in [5.41, 5.74) is 2.17. The molecule has 5 heteroatoms. The van der Waals surface area contributed by atoms with Crippen molar-refractivity contribution in [3.05, 3.63) is 64.1 Å². The molecule has 1 heterocycles. The fraction of sp³-hybridized carbons (Fsp3) is 0.125. The van der Waals surface area contributed by atoms with Gasteiger partial charge in [-0.15, -0.1) is 0 Å². The summed E-state index contributed by atoms with van der Waals surface area (Å²) < 4.78 is 0.878. The molecule has 2 aromatic carbocycles. The van der Waals surface area contributed by atoms with Gasteiger partial charge in [-0.2, -0.15) is 0 Å². The molecular formula is C16H13BrN2O2. The van der Waals surface area contributed by atoms with Crippen molar-refractivity contribution >= 4 is 33.4 Å². The van der Waals surface area contributed by atoms with Crippen LogP contribution in [0.3, 0.4) is 0 Å². The zero-order valence-electron chi connectivity index (χ0n) is 11.3. The summed E-state index contributed by atoms with van der Waals surface area (Å²) in [6.07, 6.45) is 0. The van der Waals surface area contributed by atoms with Crippen molar-refractivity contribution in [1.29, 1.82) is 0 Å². The van der Waals surface area contributed by atoms with E-state index in [-0.39, 0.29) is 11.8 Å². The number of hydrogen-bond acceptors (Lipinski definition) is 2. The van der Waals surface area contributed by atoms with Crippen molar-refractivity contribution in [3.63, 3.8) is 0 Å². The van der Waals surface area contributed by atoms with Gasteiger partial charge in [0.05, 0.1) is 0 Å². The van der Waals surface area contributed by atoms with Crippen LogP contribution in [0.15, 0.2) is 53.0 Å². The molecule has 1 atom stereocenters. The molecule has 2 amide bonds. The van der Waals surface area contributed by atoms with Crippen LogP contribution in [0, 0.1) is 0 Å². The first-order valence-corrected chi connectivity index (χ1v) is 7.30. The van der Waals surface area contributed by atoms with E-state index in [1.165, 1.54) is 0 Å². The van der Waals surface area contributed by atoms with E-state index in [1.807, 2.05) is 24.3 Å². The molecule has 0 saturated carbocycles. The third-order valence-electron chi connectivity index (χ3n) is 3.55. The monoisotopic (exact) mass is 344 g/mol. The molecular weight excluding hydrogens is 332 g/mol. The molecule has 0 fully saturated rings. The van der Waals surface area contributed by atoms with Crippen LogP contribution >= 0.6 is 15.9 Å². The van der Waals surface area contributed by atoms with Crippen molar-refractivity contribution in [1.82, 2.24) is 5.32 Å². The van der Waals surface area contributed by atoms with Gasteiger partial charge in [-0.1, -0.05) is 34.1 Å². The maximum absolute atomic E-state index is 12.3. The minimum Gasteiger partial charge on any atom is -0.336 e. The number of likely N-dealkylation sites (N-methyl/N-ethyl adjacent to an activating group) is 1. The van der Waals surface area contributed by atoms with Gasteiger partial charge in [-0.05, 0) is 30.3 Å². The Balaban J connectivity index is 1.92. The Morgan fingerprint density at radius 3 is 2.62 bits per heavy atom. The van der Waals surface area contributed by atoms with E-state index < -0.39 is 6.04 Å². The highest BCUT2D eigenvalue weighted by molar-refractivity contribution is 9.10. The molecule has 0 saturated heterocycles. The summed E-state index contributed by atoms with van der Waals surface area (Å²) in [6, 6.07) is 13.8. The Bertz CT molecular complexity index is 715. The Labute approximate surface area is 130 Å². The molecule has 0 unspecified atom stereocenters. The second-order valence-electron chi connectivity index (χ2n) is 4.87. The molecule has 1 aliphatic heterocycles. The maximum Gasteiger partial charge on any atom is 0.254 e. The van der Waals surface area contributed by atoms with Gasteiger partial charge in [0.1, 0.15) is 6.04 Å². The lowest BCUT2D eigenvalue weighted by Gasteiger charge is -2.13. The standard InChI is InChI=1S/C16H13BrN2O2/c1-19-13-8-7-11(17)9-12(13)14(16(19)21)18-15(20)10-5-3-2-4-6-10/h2-9,14H,1H3,(H,18,20)/t14-/m0/s1. The third kappa shape index (κ3) is 2.45. The second kappa shape index (κ2) is 5.33. The molecule has 0 aromatic heterocycles. The average molecular weight is 345 g/mol. The Kier molecular flexibility index (Phi) is 3.51. The van der Waals surface area contributed by atoms with Crippen LogP contribution < -0.4 is 10.2 Å². The molecule has 1 aliphatic rings. The first kappa shape index (κ1) is 13.8. The van der Waals surface area contributed by atoms with Gasteiger partial charge >= 0.3 is 0 Å². The van der Waals surface area contributed by atoms with Crippen molar-refractivity contribution in [2.45, 2.75) is 6.04 Å². The number of nitrogens with one attached hydrogen (secondary N) is 1. The Morgan fingerprint density at radius 2 is 1.90 bits per heavy atom. The van der Waals surface area contributed by atoms with Crippen LogP contribution in [-0.4, -0.2) is 18.9 Å². The Morgan fingerprint density at radius 1 is 1.19 bits per heavy atom. The number of amides is 2. The van der Waals surface area contributed by atoms with Gasteiger partial charge in [0.15, 0.2) is 0 Å². The molecule has 0 radical (unpaired) electrons. The van der Waals surface area contributed by atoms with Crippen LogP contribution in [-0.2, 0) is 4.79 Å². The molecule has 21 heavy (non-hydrogen) atoms. The predicted octanol–water partition coefficient (Wildman–Crippen LogP) is 2.90. The maximum atomic E-state index is 12.3. The third-order valence-corrected chi connectivity index (χ3v) is 4.04. The smallest absolute Gasteiger partial charge is 0.254 e. The zero-order valence-corrected chi connectivity index (χ0v) is 12.9. The van der Waals surface area contributed by atoms with Crippen molar-refractivity contribution in [2.24, 2.45) is 0 Å². The average Bonchev–Trinajstić information content (AvgIpc) is 2.73. The molecule has 0 spiro atoms. The van der Waals surface area contributed by atoms with E-state index in [0.717, 1.165) is 15.7 Å². The fourth-order valence-electron chi connectivity index (χ4n) is 2.45. The normalized spacial score (nSPS) is 16.8. The van der Waals surface area contributed by atoms with E-state index in [9.17, 15) is 9.59 Å². The van der Waals surface area contributed by atoms with Crippen molar-refractivity contribution < 1.29 is 9.59 Å². The van der Waals surface area contributed by atoms with Crippen LogP contribution in [0.2, 0.25) is 0 Å². The predicted molar refractivity (Wildman–Crippen MR) is 84.2 cm³/mol. The highest BCUT2D eigenvalue weighted by atomic mass is 79.9. The first-order valence-electron chi connectivity index (χ1n) is 6.51. The molecule has 106 valence electrons. The van der Waals surface area contributed by atoms with E-state index in [4.69, 9.17) is 0 Å². The van der Waals surface area contributed by atoms with Crippen molar-refractivity contribution in [2.75, 3.05) is 11.9 Å². The zero-order chi connectivity index (χ0) is 15.0. The van der Waals surface area contributed by atoms with E-state index in [0.29, 0.717) is 5.56 Å². The van der Waals surface area contributed by atoms with Crippen LogP contribution in [0.1, 0.15) is 22.0 Å². The lowest BCUT2D eigenvalue weighted by atomic mass is 10.1. The number of hydrogen-bond donors (Lipinski definition) is 1. The van der Waals surface area contributed by atoms with E-state index in [2.05, 4.69) is 21.2 Å². The summed E-state index contributed by atoms with van der Waals surface area (Å²) >= 11 is 3.40. The van der Waals surface area contributed by atoms with Gasteiger partial charge in [-0.3, -0.25) is 9.59 Å². The highest BCUT2D eigenvalue weighted by Gasteiger charge is 2.36. The number of halogens is 1. The number of benzene rings is 2. The van der Waals surface area contributed by atoms with Gasteiger partial charge in [0.2, 0.25) is 0 Å². The lowest BCUT2D eigenvalue weighted by Crippen LogP contribution is -2.35. The molecule has 1 N–H and O–H groups in total. The first-order chi connectivity index (χ1) is 10.1. The van der Waals surface area contributed by atoms with Crippen LogP contribution in [0.5, 0.6) is 0 Å². The highest BCUT2D eigenvalue weighted by Crippen LogP contribution is 2.36. The molecule has 0 bridgehead atoms. The minimum absolute atomic E-state index is 0.132. The lowest BCUT2D eigenvalue weighted by molar-refractivity contribution is -0.119. The van der Waals surface area contributed by atoms with Gasteiger partial charge in [0, 0.05) is 28.3 Å². The van der Waals surface area contributed by atoms with Crippen LogP contribution in [0.4, 0.5) is 5.69 Å². The topological polar surface area (TPSA) is 49.4 Å². The number of rotatable bonds is 2. The summed E-state index contributed by atoms with van der Waals surface area (Å²) in [5, 5.41) is 2.81. The summed E-state index contributed by atoms with van der Waals surface area (Å²) in [4.78, 5) is 26.2. The number of fused-ring (bicyclic) bond motifs is 1. The molecule has 4 nitrogen and oxygen atoms in total. The Hall–Kier alpha value is -2.14. The number of anilines is 1. The van der Waals surface area contributed by atoms with Gasteiger partial charge in [0.25, 0.3) is 11.8 Å². The van der Waals surface area contributed by atoms with Crippen molar-refractivity contribution in [3.8, 4) is 0 Å². The number of carbonyl (C=O) groups excluding carboxylic acids is 2. The molecule has 3 rings (SSSR count). The van der Waals surface area contributed by atoms with E-state index in [1.54, 1.807) is 36.2 Å². The molecule has 2 aromatic rings. The molecule has 0 aliphatic carbocycles. The fourth-order valence-corrected chi connectivity index (χ4v) is 2.83. The summed E-state index contributed by atoms with van der Waals surface area (Å²) in [5.74, 6) is -0.387. The van der Waals surface area contributed by atoms with Crippen LogP contribution in [0.25, 0.3) is 0 Å². The van der Waals surface area contributed by atoms with Gasteiger partial charge in [-0.25, -0.2) is 0 Å². The second-order valence-corrected chi connectivity index (χ2v) is 5.79.